The minimum atomic E-state index is -0.179. The second-order valence-electron chi connectivity index (χ2n) is 6.07. The van der Waals surface area contributed by atoms with E-state index in [4.69, 9.17) is 9.84 Å². The van der Waals surface area contributed by atoms with Crippen molar-refractivity contribution < 1.29 is 14.6 Å². The molecule has 3 heteroatoms. The van der Waals surface area contributed by atoms with Crippen LogP contribution in [0, 0.1) is 0 Å². The number of esters is 1. The molecule has 0 atom stereocenters. The molecule has 0 saturated heterocycles. The van der Waals surface area contributed by atoms with E-state index in [1.54, 1.807) is 13.0 Å². The highest BCUT2D eigenvalue weighted by atomic mass is 16.5. The maximum absolute atomic E-state index is 11.4. The number of carbonyl (C=O) groups excluding carboxylic acids is 1. The van der Waals surface area contributed by atoms with Crippen LogP contribution in [0.15, 0.2) is 11.6 Å². The Morgan fingerprint density at radius 3 is 1.64 bits per heavy atom. The second-order valence-corrected chi connectivity index (χ2v) is 6.07. The molecule has 0 saturated carbocycles. The summed E-state index contributed by atoms with van der Waals surface area (Å²) in [6, 6.07) is 0. The van der Waals surface area contributed by atoms with Crippen LogP contribution in [0.5, 0.6) is 0 Å². The van der Waals surface area contributed by atoms with Gasteiger partial charge in [0.25, 0.3) is 0 Å². The monoisotopic (exact) mass is 312 g/mol. The fourth-order valence-electron chi connectivity index (χ4n) is 2.38. The number of ether oxygens (including phenoxy) is 1. The molecule has 0 aliphatic carbocycles. The van der Waals surface area contributed by atoms with Crippen molar-refractivity contribution in [3.05, 3.63) is 11.6 Å². The number of unbranched alkanes of at least 4 members (excludes halogenated alkanes) is 11. The maximum atomic E-state index is 11.4. The number of hydrogen-bond acceptors (Lipinski definition) is 3. The zero-order valence-corrected chi connectivity index (χ0v) is 14.7. The Balaban J connectivity index is 3.13. The first-order valence-corrected chi connectivity index (χ1v) is 9.13. The average molecular weight is 312 g/mol. The lowest BCUT2D eigenvalue weighted by molar-refractivity contribution is -0.139. The largest absolute Gasteiger partial charge is 0.462 e. The molecule has 0 aromatic heterocycles. The van der Waals surface area contributed by atoms with Gasteiger partial charge in [0.15, 0.2) is 0 Å². The van der Waals surface area contributed by atoms with Crippen molar-refractivity contribution in [1.29, 1.82) is 0 Å². The van der Waals surface area contributed by atoms with E-state index in [-0.39, 0.29) is 5.97 Å². The molecule has 0 radical (unpaired) electrons. The molecule has 0 aromatic carbocycles. The third-order valence-corrected chi connectivity index (χ3v) is 4.04. The van der Waals surface area contributed by atoms with Gasteiger partial charge in [-0.15, -0.1) is 0 Å². The molecule has 3 nitrogen and oxygen atoms in total. The number of carbonyl (C=O) groups is 1. The van der Waals surface area contributed by atoms with Gasteiger partial charge in [-0.1, -0.05) is 70.3 Å². The molecule has 0 aliphatic rings. The molecule has 0 fully saturated rings. The fourth-order valence-corrected chi connectivity index (χ4v) is 2.38. The summed E-state index contributed by atoms with van der Waals surface area (Å²) in [5.74, 6) is -0.179. The van der Waals surface area contributed by atoms with Crippen molar-refractivity contribution in [3.8, 4) is 0 Å². The number of aliphatic hydroxyl groups is 1. The zero-order valence-electron chi connectivity index (χ0n) is 14.7. The van der Waals surface area contributed by atoms with Gasteiger partial charge in [0.2, 0.25) is 0 Å². The topological polar surface area (TPSA) is 46.5 Å². The average Bonchev–Trinajstić information content (AvgIpc) is 2.54. The van der Waals surface area contributed by atoms with E-state index in [1.165, 1.54) is 57.8 Å². The van der Waals surface area contributed by atoms with E-state index < -0.39 is 0 Å². The molecule has 0 amide bonds. The van der Waals surface area contributed by atoms with Gasteiger partial charge in [-0.2, -0.15) is 0 Å². The lowest BCUT2D eigenvalue weighted by Gasteiger charge is -2.05. The van der Waals surface area contributed by atoms with Crippen molar-refractivity contribution in [3.63, 3.8) is 0 Å². The number of aliphatic hydroxyl groups excluding tert-OH is 1. The Hall–Kier alpha value is -0.830. The lowest BCUT2D eigenvalue weighted by atomic mass is 10.1. The van der Waals surface area contributed by atoms with Crippen LogP contribution in [-0.2, 0) is 9.53 Å². The summed E-state index contributed by atoms with van der Waals surface area (Å²) in [6.45, 7) is 4.53. The first-order chi connectivity index (χ1) is 10.7. The fraction of sp³-hybridized carbons (Fsp3) is 0.842. The molecule has 130 valence electrons. The first kappa shape index (κ1) is 21.2. The van der Waals surface area contributed by atoms with E-state index in [2.05, 4.69) is 0 Å². The summed E-state index contributed by atoms with van der Waals surface area (Å²) in [4.78, 5) is 11.4. The molecule has 0 aromatic rings. The molecule has 0 unspecified atom stereocenters. The Kier molecular flexibility index (Phi) is 15.9. The van der Waals surface area contributed by atoms with Crippen molar-refractivity contribution >= 4 is 5.97 Å². The third kappa shape index (κ3) is 14.1. The predicted molar refractivity (Wildman–Crippen MR) is 92.9 cm³/mol. The summed E-state index contributed by atoms with van der Waals surface area (Å²) >= 11 is 0. The van der Waals surface area contributed by atoms with Gasteiger partial charge >= 0.3 is 5.97 Å². The van der Waals surface area contributed by atoms with Crippen LogP contribution in [0.3, 0.4) is 0 Å². The van der Waals surface area contributed by atoms with Crippen LogP contribution in [0.1, 0.15) is 90.9 Å². The molecule has 1 N–H and O–H groups in total. The van der Waals surface area contributed by atoms with Crippen LogP contribution in [0.25, 0.3) is 0 Å². The molecular weight excluding hydrogens is 276 g/mol. The highest BCUT2D eigenvalue weighted by Gasteiger charge is 2.03. The third-order valence-electron chi connectivity index (χ3n) is 4.04. The van der Waals surface area contributed by atoms with Gasteiger partial charge in [0.05, 0.1) is 6.61 Å². The number of rotatable bonds is 15. The Labute approximate surface area is 137 Å². The Morgan fingerprint density at radius 1 is 0.818 bits per heavy atom. The van der Waals surface area contributed by atoms with Gasteiger partial charge in [0.1, 0.15) is 0 Å². The number of hydrogen-bond donors (Lipinski definition) is 1. The maximum Gasteiger partial charge on any atom is 0.333 e. The van der Waals surface area contributed by atoms with Crippen LogP contribution < -0.4 is 0 Å². The van der Waals surface area contributed by atoms with E-state index in [0.717, 1.165) is 19.3 Å². The van der Waals surface area contributed by atoms with Crippen molar-refractivity contribution in [2.75, 3.05) is 13.2 Å². The van der Waals surface area contributed by atoms with Gasteiger partial charge in [-0.05, 0) is 26.7 Å². The van der Waals surface area contributed by atoms with Crippen LogP contribution in [0.4, 0.5) is 0 Å². The summed E-state index contributed by atoms with van der Waals surface area (Å²) in [7, 11) is 0. The van der Waals surface area contributed by atoms with Gasteiger partial charge in [0, 0.05) is 12.2 Å². The molecular formula is C19H36O3. The van der Waals surface area contributed by atoms with E-state index in [9.17, 15) is 4.79 Å². The summed E-state index contributed by atoms with van der Waals surface area (Å²) in [5, 5.41) is 8.68. The Morgan fingerprint density at radius 2 is 1.23 bits per heavy atom. The van der Waals surface area contributed by atoms with E-state index >= 15 is 0 Å². The highest BCUT2D eigenvalue weighted by Crippen LogP contribution is 2.12. The Bertz CT molecular complexity index is 284. The van der Waals surface area contributed by atoms with E-state index in [1.807, 2.05) is 6.92 Å². The standard InChI is InChI=1S/C19H36O3/c1-3-18(2)19(21)22-17-15-13-11-9-7-5-4-6-8-10-12-14-16-20/h3,20H,4-17H2,1-2H3. The number of allylic oxidation sites excluding steroid dienone is 1. The second kappa shape index (κ2) is 16.5. The molecule has 0 aliphatic heterocycles. The van der Waals surface area contributed by atoms with Crippen molar-refractivity contribution in [2.45, 2.75) is 90.9 Å². The predicted octanol–water partition coefficient (Wildman–Crippen LogP) is 5.17. The molecule has 0 rings (SSSR count). The van der Waals surface area contributed by atoms with Gasteiger partial charge in [-0.25, -0.2) is 4.79 Å². The van der Waals surface area contributed by atoms with Gasteiger partial charge < -0.3 is 9.84 Å². The summed E-state index contributed by atoms with van der Waals surface area (Å²) in [5.41, 5.74) is 0.691. The minimum Gasteiger partial charge on any atom is -0.462 e. The van der Waals surface area contributed by atoms with Crippen LogP contribution in [0.2, 0.25) is 0 Å². The van der Waals surface area contributed by atoms with Crippen molar-refractivity contribution in [2.24, 2.45) is 0 Å². The highest BCUT2D eigenvalue weighted by molar-refractivity contribution is 5.87. The SMILES string of the molecule is CC=C(C)C(=O)OCCCCCCCCCCCCCCO. The molecule has 0 spiro atoms. The minimum absolute atomic E-state index is 0.179. The summed E-state index contributed by atoms with van der Waals surface area (Å²) < 4.78 is 5.17. The van der Waals surface area contributed by atoms with Crippen LogP contribution >= 0.6 is 0 Å². The quantitative estimate of drug-likeness (QED) is 0.258. The zero-order chi connectivity index (χ0) is 16.5. The van der Waals surface area contributed by atoms with Gasteiger partial charge in [-0.3, -0.25) is 0 Å². The first-order valence-electron chi connectivity index (χ1n) is 9.13. The van der Waals surface area contributed by atoms with Crippen molar-refractivity contribution in [1.82, 2.24) is 0 Å². The smallest absolute Gasteiger partial charge is 0.333 e. The lowest BCUT2D eigenvalue weighted by Crippen LogP contribution is -2.06. The normalized spacial score (nSPS) is 11.7. The molecule has 0 bridgehead atoms. The van der Waals surface area contributed by atoms with Crippen LogP contribution in [-0.4, -0.2) is 24.3 Å². The molecule has 22 heavy (non-hydrogen) atoms. The summed E-state index contributed by atoms with van der Waals surface area (Å²) in [6.07, 6.45) is 16.5. The van der Waals surface area contributed by atoms with E-state index in [0.29, 0.717) is 18.8 Å². The molecule has 0 heterocycles.